The third-order valence-corrected chi connectivity index (χ3v) is 3.45. The molecule has 2 rings (SSSR count). The van der Waals surface area contributed by atoms with Crippen LogP contribution in [0.4, 0.5) is 15.8 Å². The summed E-state index contributed by atoms with van der Waals surface area (Å²) in [5, 5.41) is 6.97. The Hall–Kier alpha value is -2.07. The maximum absolute atomic E-state index is 13.4. The molecule has 0 aromatic heterocycles. The van der Waals surface area contributed by atoms with Crippen LogP contribution in [0.5, 0.6) is 0 Å². The molecule has 0 amide bonds. The third-order valence-electron chi connectivity index (χ3n) is 3.22. The lowest BCUT2D eigenvalue weighted by molar-refractivity contribution is 0.626. The minimum Gasteiger partial charge on any atom is -0.398 e. The van der Waals surface area contributed by atoms with Gasteiger partial charge in [-0.05, 0) is 49.7 Å². The Balaban J connectivity index is 2.38. The van der Waals surface area contributed by atoms with E-state index in [1.807, 2.05) is 19.9 Å². The number of nitrogens with zero attached hydrogens (tertiary/aromatic N) is 2. The van der Waals surface area contributed by atoms with E-state index in [0.29, 0.717) is 22.9 Å². The summed E-state index contributed by atoms with van der Waals surface area (Å²) in [7, 11) is 0. The molecule has 3 nitrogen and oxygen atoms in total. The van der Waals surface area contributed by atoms with Crippen LogP contribution in [0, 0.1) is 5.82 Å². The van der Waals surface area contributed by atoms with Crippen molar-refractivity contribution >= 4 is 28.7 Å². The average Bonchev–Trinajstić information content (AvgIpc) is 2.49. The lowest BCUT2D eigenvalue weighted by atomic mass is 10.1. The minimum atomic E-state index is -0.284. The van der Waals surface area contributed by atoms with E-state index in [4.69, 9.17) is 17.3 Å². The van der Waals surface area contributed by atoms with Gasteiger partial charge in [0.05, 0.1) is 11.4 Å². The van der Waals surface area contributed by atoms with Gasteiger partial charge in [0.15, 0.2) is 0 Å². The van der Waals surface area contributed by atoms with Crippen LogP contribution in [-0.4, -0.2) is 12.3 Å². The molecule has 2 aromatic rings. The molecule has 0 aliphatic rings. The number of hydrogen-bond donors (Lipinski definition) is 1. The van der Waals surface area contributed by atoms with E-state index < -0.39 is 0 Å². The summed E-state index contributed by atoms with van der Waals surface area (Å²) in [4.78, 5) is 0. The number of rotatable bonds is 5. The van der Waals surface area contributed by atoms with Crippen molar-refractivity contribution in [1.82, 2.24) is 0 Å². The average molecular weight is 320 g/mol. The van der Waals surface area contributed by atoms with Crippen molar-refractivity contribution < 1.29 is 4.39 Å². The van der Waals surface area contributed by atoms with E-state index in [1.54, 1.807) is 29.3 Å². The topological polar surface area (TPSA) is 41.6 Å². The number of benzene rings is 2. The van der Waals surface area contributed by atoms with Crippen molar-refractivity contribution in [3.8, 4) is 0 Å². The minimum absolute atomic E-state index is 0.284. The summed E-state index contributed by atoms with van der Waals surface area (Å²) < 4.78 is 13.4. The first-order valence-electron chi connectivity index (χ1n) is 7.15. The molecule has 116 valence electrons. The third kappa shape index (κ3) is 3.98. The van der Waals surface area contributed by atoms with Crippen molar-refractivity contribution in [1.29, 1.82) is 0 Å². The highest BCUT2D eigenvalue weighted by atomic mass is 35.5. The predicted molar refractivity (Wildman–Crippen MR) is 92.1 cm³/mol. The molecular weight excluding hydrogens is 301 g/mol. The number of hydrazone groups is 1. The molecule has 2 aromatic carbocycles. The maximum atomic E-state index is 13.4. The van der Waals surface area contributed by atoms with E-state index >= 15 is 0 Å². The summed E-state index contributed by atoms with van der Waals surface area (Å²) >= 11 is 6.02. The number of hydrogen-bond acceptors (Lipinski definition) is 3. The van der Waals surface area contributed by atoms with E-state index in [1.165, 1.54) is 12.1 Å². The summed E-state index contributed by atoms with van der Waals surface area (Å²) in [6.07, 6.45) is 0.887. The molecule has 2 N–H and O–H groups in total. The number of anilines is 2. The van der Waals surface area contributed by atoms with Crippen molar-refractivity contribution in [2.45, 2.75) is 20.3 Å². The van der Waals surface area contributed by atoms with Crippen LogP contribution in [0.2, 0.25) is 5.02 Å². The van der Waals surface area contributed by atoms with Gasteiger partial charge in [-0.3, -0.25) is 5.01 Å². The van der Waals surface area contributed by atoms with Gasteiger partial charge in [0.1, 0.15) is 5.82 Å². The molecule has 0 fully saturated rings. The number of halogens is 2. The number of nitrogens with two attached hydrogens (primary N) is 1. The zero-order valence-corrected chi connectivity index (χ0v) is 13.4. The second-order valence-corrected chi connectivity index (χ2v) is 5.46. The molecular formula is C17H19ClFN3. The van der Waals surface area contributed by atoms with Gasteiger partial charge in [0.2, 0.25) is 0 Å². The monoisotopic (exact) mass is 319 g/mol. The first-order valence-corrected chi connectivity index (χ1v) is 7.52. The Morgan fingerprint density at radius 1 is 1.27 bits per heavy atom. The van der Waals surface area contributed by atoms with E-state index in [-0.39, 0.29) is 5.82 Å². The molecule has 0 atom stereocenters. The lowest BCUT2D eigenvalue weighted by Gasteiger charge is -2.20. The van der Waals surface area contributed by atoms with Gasteiger partial charge in [-0.1, -0.05) is 24.6 Å². The molecule has 0 radical (unpaired) electrons. The van der Waals surface area contributed by atoms with Crippen LogP contribution in [-0.2, 0) is 0 Å². The van der Waals surface area contributed by atoms with Crippen molar-refractivity contribution in [3.63, 3.8) is 0 Å². The van der Waals surface area contributed by atoms with Gasteiger partial charge >= 0.3 is 0 Å². The quantitative estimate of drug-likeness (QED) is 0.493. The zero-order chi connectivity index (χ0) is 16.1. The second kappa shape index (κ2) is 7.27. The van der Waals surface area contributed by atoms with E-state index in [2.05, 4.69) is 5.10 Å². The Bertz CT molecular complexity index is 685. The van der Waals surface area contributed by atoms with E-state index in [0.717, 1.165) is 17.7 Å². The Morgan fingerprint density at radius 3 is 2.73 bits per heavy atom. The molecule has 0 saturated carbocycles. The Kier molecular flexibility index (Phi) is 5.39. The molecule has 5 heteroatoms. The molecule has 0 heterocycles. The molecule has 0 unspecified atom stereocenters. The van der Waals surface area contributed by atoms with Crippen LogP contribution < -0.4 is 10.7 Å². The van der Waals surface area contributed by atoms with Crippen LogP contribution in [0.1, 0.15) is 25.8 Å². The van der Waals surface area contributed by atoms with Crippen LogP contribution >= 0.6 is 11.6 Å². The SMILES string of the molecule is CCCN(/N=C(\C)c1cc(Cl)ccc1N)c1cccc(F)c1. The molecule has 22 heavy (non-hydrogen) atoms. The van der Waals surface area contributed by atoms with Crippen molar-refractivity contribution in [2.75, 3.05) is 17.3 Å². The zero-order valence-electron chi connectivity index (χ0n) is 12.7. The highest BCUT2D eigenvalue weighted by Crippen LogP contribution is 2.21. The fourth-order valence-electron chi connectivity index (χ4n) is 2.16. The normalized spacial score (nSPS) is 11.5. The Labute approximate surface area is 135 Å². The summed E-state index contributed by atoms with van der Waals surface area (Å²) in [5.74, 6) is -0.284. The van der Waals surface area contributed by atoms with Crippen LogP contribution in [0.3, 0.4) is 0 Å². The first-order chi connectivity index (χ1) is 10.5. The van der Waals surface area contributed by atoms with Crippen molar-refractivity contribution in [2.24, 2.45) is 5.10 Å². The van der Waals surface area contributed by atoms with E-state index in [9.17, 15) is 4.39 Å². The Morgan fingerprint density at radius 2 is 2.05 bits per heavy atom. The smallest absolute Gasteiger partial charge is 0.125 e. The molecule has 0 aliphatic heterocycles. The number of nitrogen functional groups attached to an aromatic ring is 1. The van der Waals surface area contributed by atoms with Crippen LogP contribution in [0.15, 0.2) is 47.6 Å². The van der Waals surface area contributed by atoms with Gasteiger partial charge in [0, 0.05) is 22.8 Å². The summed E-state index contributed by atoms with van der Waals surface area (Å²) in [6, 6.07) is 11.7. The fourth-order valence-corrected chi connectivity index (χ4v) is 2.33. The summed E-state index contributed by atoms with van der Waals surface area (Å²) in [5.41, 5.74) is 8.82. The van der Waals surface area contributed by atoms with Crippen LogP contribution in [0.25, 0.3) is 0 Å². The van der Waals surface area contributed by atoms with Gasteiger partial charge < -0.3 is 5.73 Å². The predicted octanol–water partition coefficient (Wildman–Crippen LogP) is 4.70. The van der Waals surface area contributed by atoms with Gasteiger partial charge in [0.25, 0.3) is 0 Å². The van der Waals surface area contributed by atoms with Gasteiger partial charge in [-0.15, -0.1) is 0 Å². The molecule has 0 saturated heterocycles. The van der Waals surface area contributed by atoms with Gasteiger partial charge in [-0.2, -0.15) is 5.10 Å². The molecule has 0 bridgehead atoms. The fraction of sp³-hybridized carbons (Fsp3) is 0.235. The molecule has 0 spiro atoms. The van der Waals surface area contributed by atoms with Crippen molar-refractivity contribution in [3.05, 3.63) is 58.9 Å². The first kappa shape index (κ1) is 16.3. The highest BCUT2D eigenvalue weighted by molar-refractivity contribution is 6.31. The highest BCUT2D eigenvalue weighted by Gasteiger charge is 2.09. The van der Waals surface area contributed by atoms with Gasteiger partial charge in [-0.25, -0.2) is 4.39 Å². The standard InChI is InChI=1S/C17H19ClFN3/c1-3-9-22(15-6-4-5-14(19)11-15)21-12(2)16-10-13(18)7-8-17(16)20/h4-8,10-11H,3,9,20H2,1-2H3/b21-12+. The lowest BCUT2D eigenvalue weighted by Crippen LogP contribution is -2.20. The maximum Gasteiger partial charge on any atom is 0.125 e. The summed E-state index contributed by atoms with van der Waals surface area (Å²) in [6.45, 7) is 4.59. The second-order valence-electron chi connectivity index (χ2n) is 5.02. The molecule has 0 aliphatic carbocycles. The largest absolute Gasteiger partial charge is 0.398 e.